The number of fused-ring (bicyclic) bond motifs is 1. The molecule has 0 fully saturated rings. The van der Waals surface area contributed by atoms with E-state index in [1.54, 1.807) is 0 Å². The second-order valence-electron chi connectivity index (χ2n) is 5.89. The largest absolute Gasteiger partial charge is 0.392 e. The molecule has 0 spiro atoms. The van der Waals surface area contributed by atoms with Crippen molar-refractivity contribution in [1.82, 2.24) is 0 Å². The Balaban J connectivity index is 2.40. The van der Waals surface area contributed by atoms with E-state index in [9.17, 15) is 10.2 Å². The fraction of sp³-hybridized carbons (Fsp3) is 0.733. The van der Waals surface area contributed by atoms with Crippen LogP contribution in [0.2, 0.25) is 0 Å². The van der Waals surface area contributed by atoms with Crippen LogP contribution in [0.5, 0.6) is 0 Å². The van der Waals surface area contributed by atoms with Gasteiger partial charge in [-0.25, -0.2) is 0 Å². The minimum absolute atomic E-state index is 0.163. The summed E-state index contributed by atoms with van der Waals surface area (Å²) in [6, 6.07) is 0. The van der Waals surface area contributed by atoms with E-state index in [1.165, 1.54) is 23.1 Å². The molecule has 0 aromatic rings. The van der Waals surface area contributed by atoms with Crippen LogP contribution in [0, 0.1) is 17.8 Å². The van der Waals surface area contributed by atoms with Crippen LogP contribution in [0.4, 0.5) is 0 Å². The van der Waals surface area contributed by atoms with Crippen molar-refractivity contribution in [2.45, 2.75) is 46.1 Å². The van der Waals surface area contributed by atoms with E-state index in [-0.39, 0.29) is 12.7 Å². The van der Waals surface area contributed by atoms with Gasteiger partial charge < -0.3 is 10.2 Å². The van der Waals surface area contributed by atoms with E-state index < -0.39 is 0 Å². The summed E-state index contributed by atoms with van der Waals surface area (Å²) in [6.45, 7) is 6.86. The number of allylic oxidation sites excluding steroid dienone is 1. The van der Waals surface area contributed by atoms with Gasteiger partial charge in [-0.15, -0.1) is 0 Å². The molecular formula is C15H24O2. The average Bonchev–Trinajstić information content (AvgIpc) is 2.27. The maximum atomic E-state index is 9.86. The van der Waals surface area contributed by atoms with Crippen molar-refractivity contribution in [3.63, 3.8) is 0 Å². The average molecular weight is 236 g/mol. The number of aliphatic hydroxyl groups is 2. The maximum absolute atomic E-state index is 9.86. The molecule has 2 aliphatic rings. The normalized spacial score (nSPS) is 33.8. The van der Waals surface area contributed by atoms with Gasteiger partial charge in [0.2, 0.25) is 0 Å². The summed E-state index contributed by atoms with van der Waals surface area (Å²) >= 11 is 0. The first-order valence-electron chi connectivity index (χ1n) is 6.72. The molecule has 0 radical (unpaired) electrons. The summed E-state index contributed by atoms with van der Waals surface area (Å²) in [5.41, 5.74) is 3.80. The molecule has 2 N–H and O–H groups in total. The third-order valence-corrected chi connectivity index (χ3v) is 4.46. The second kappa shape index (κ2) is 4.95. The van der Waals surface area contributed by atoms with E-state index in [1.807, 2.05) is 6.08 Å². The molecule has 2 aliphatic carbocycles. The van der Waals surface area contributed by atoms with Crippen LogP contribution in [-0.4, -0.2) is 22.9 Å². The van der Waals surface area contributed by atoms with Gasteiger partial charge in [-0.3, -0.25) is 0 Å². The molecule has 0 aromatic carbocycles. The van der Waals surface area contributed by atoms with Crippen LogP contribution in [0.15, 0.2) is 22.8 Å². The van der Waals surface area contributed by atoms with Gasteiger partial charge in [0, 0.05) is 5.92 Å². The zero-order chi connectivity index (χ0) is 12.6. The lowest BCUT2D eigenvalue weighted by Crippen LogP contribution is -2.33. The topological polar surface area (TPSA) is 40.5 Å². The molecule has 3 unspecified atom stereocenters. The summed E-state index contributed by atoms with van der Waals surface area (Å²) in [6.07, 6.45) is 4.55. The van der Waals surface area contributed by atoms with Gasteiger partial charge in [-0.1, -0.05) is 31.1 Å². The Labute approximate surface area is 104 Å². The fourth-order valence-corrected chi connectivity index (χ4v) is 3.62. The Bertz CT molecular complexity index is 352. The zero-order valence-corrected chi connectivity index (χ0v) is 11.1. The van der Waals surface area contributed by atoms with Crippen LogP contribution in [-0.2, 0) is 0 Å². The minimum Gasteiger partial charge on any atom is -0.392 e. The molecular weight excluding hydrogens is 212 g/mol. The molecule has 0 saturated carbocycles. The second-order valence-corrected chi connectivity index (χ2v) is 5.89. The quantitative estimate of drug-likeness (QED) is 0.724. The van der Waals surface area contributed by atoms with Crippen molar-refractivity contribution in [2.75, 3.05) is 6.61 Å². The molecule has 0 amide bonds. The summed E-state index contributed by atoms with van der Waals surface area (Å²) in [7, 11) is 0. The summed E-state index contributed by atoms with van der Waals surface area (Å²) in [5, 5.41) is 19.3. The molecule has 2 heteroatoms. The van der Waals surface area contributed by atoms with Gasteiger partial charge in [0.05, 0.1) is 12.7 Å². The van der Waals surface area contributed by atoms with Crippen molar-refractivity contribution in [2.24, 2.45) is 17.8 Å². The Kier molecular flexibility index (Phi) is 3.74. The third-order valence-electron chi connectivity index (χ3n) is 4.46. The van der Waals surface area contributed by atoms with Crippen LogP contribution in [0.25, 0.3) is 0 Å². The fourth-order valence-electron chi connectivity index (χ4n) is 3.62. The Hall–Kier alpha value is -0.600. The van der Waals surface area contributed by atoms with Gasteiger partial charge in [0.1, 0.15) is 0 Å². The van der Waals surface area contributed by atoms with Gasteiger partial charge in [0.25, 0.3) is 0 Å². The predicted molar refractivity (Wildman–Crippen MR) is 69.5 cm³/mol. The Morgan fingerprint density at radius 1 is 1.41 bits per heavy atom. The Morgan fingerprint density at radius 2 is 2.12 bits per heavy atom. The number of rotatable bonds is 2. The molecule has 0 bridgehead atoms. The highest BCUT2D eigenvalue weighted by atomic mass is 16.3. The smallest absolute Gasteiger partial charge is 0.0761 e. The van der Waals surface area contributed by atoms with Crippen LogP contribution >= 0.6 is 0 Å². The molecule has 2 nitrogen and oxygen atoms in total. The highest BCUT2D eigenvalue weighted by Crippen LogP contribution is 2.46. The van der Waals surface area contributed by atoms with Crippen molar-refractivity contribution >= 4 is 0 Å². The molecule has 0 aromatic heterocycles. The van der Waals surface area contributed by atoms with Crippen LogP contribution in [0.1, 0.15) is 40.0 Å². The first kappa shape index (κ1) is 12.8. The first-order valence-corrected chi connectivity index (χ1v) is 6.72. The molecule has 17 heavy (non-hydrogen) atoms. The lowest BCUT2D eigenvalue weighted by Gasteiger charge is -2.41. The minimum atomic E-state index is -0.353. The first-order chi connectivity index (χ1) is 8.04. The highest BCUT2D eigenvalue weighted by Gasteiger charge is 2.36. The summed E-state index contributed by atoms with van der Waals surface area (Å²) in [4.78, 5) is 0. The molecule has 3 atom stereocenters. The van der Waals surface area contributed by atoms with Gasteiger partial charge in [-0.2, -0.15) is 0 Å². The molecule has 0 heterocycles. The van der Waals surface area contributed by atoms with E-state index in [0.717, 1.165) is 12.8 Å². The summed E-state index contributed by atoms with van der Waals surface area (Å²) < 4.78 is 0. The van der Waals surface area contributed by atoms with Crippen LogP contribution in [0.3, 0.4) is 0 Å². The Morgan fingerprint density at radius 3 is 2.71 bits per heavy atom. The van der Waals surface area contributed by atoms with Gasteiger partial charge >= 0.3 is 0 Å². The maximum Gasteiger partial charge on any atom is 0.0761 e. The zero-order valence-electron chi connectivity index (χ0n) is 11.1. The van der Waals surface area contributed by atoms with E-state index >= 15 is 0 Å². The summed E-state index contributed by atoms with van der Waals surface area (Å²) in [5.74, 6) is 1.80. The molecule has 96 valence electrons. The van der Waals surface area contributed by atoms with Crippen LogP contribution < -0.4 is 0 Å². The monoisotopic (exact) mass is 236 g/mol. The third kappa shape index (κ3) is 2.34. The van der Waals surface area contributed by atoms with E-state index in [2.05, 4.69) is 20.8 Å². The van der Waals surface area contributed by atoms with Gasteiger partial charge in [-0.05, 0) is 43.6 Å². The molecule has 0 aliphatic heterocycles. The van der Waals surface area contributed by atoms with Crippen molar-refractivity contribution < 1.29 is 10.2 Å². The standard InChI is InChI=1S/C15H24O2/c1-9(2)13-5-4-11(8-16)14-7-12(17)6-10(3)15(13)14/h6,9,12-13,15-17H,4-5,7-8H2,1-3H3. The molecule has 2 rings (SSSR count). The van der Waals surface area contributed by atoms with Crippen molar-refractivity contribution in [3.05, 3.63) is 22.8 Å². The number of hydrogen-bond acceptors (Lipinski definition) is 2. The van der Waals surface area contributed by atoms with E-state index in [0.29, 0.717) is 17.8 Å². The van der Waals surface area contributed by atoms with Crippen molar-refractivity contribution in [1.29, 1.82) is 0 Å². The SMILES string of the molecule is CC1=CC(O)CC2=C(CO)CCC(C(C)C)C12. The molecule has 0 saturated heterocycles. The van der Waals surface area contributed by atoms with E-state index in [4.69, 9.17) is 0 Å². The predicted octanol–water partition coefficient (Wildman–Crippen LogP) is 2.67. The number of hydrogen-bond donors (Lipinski definition) is 2. The lowest BCUT2D eigenvalue weighted by atomic mass is 9.64. The van der Waals surface area contributed by atoms with Crippen molar-refractivity contribution in [3.8, 4) is 0 Å². The van der Waals surface area contributed by atoms with Gasteiger partial charge in [0.15, 0.2) is 0 Å². The highest BCUT2D eigenvalue weighted by molar-refractivity contribution is 5.34. The number of aliphatic hydroxyl groups excluding tert-OH is 2. The lowest BCUT2D eigenvalue weighted by molar-refractivity contribution is 0.185.